The Hall–Kier alpha value is -1.40. The number of nitrogens with zero attached hydrogens (tertiary/aromatic N) is 2. The lowest BCUT2D eigenvalue weighted by Crippen LogP contribution is -2.44. The molecule has 2 unspecified atom stereocenters. The molecule has 6 nitrogen and oxygen atoms in total. The Labute approximate surface area is 106 Å². The number of anilines is 1. The van der Waals surface area contributed by atoms with Gasteiger partial charge in [0.1, 0.15) is 5.82 Å². The van der Waals surface area contributed by atoms with Crippen molar-refractivity contribution in [3.63, 3.8) is 0 Å². The van der Waals surface area contributed by atoms with Crippen molar-refractivity contribution in [1.29, 1.82) is 0 Å². The standard InChI is InChI=1S/C12H19N5O/c1-8-10(2-4-14-8)12(18)16-11-3-5-15-17(11)9-6-13-7-9/h3,5,8-10,13-14H,2,4,6-7H2,1H3,(H,16,18). The normalized spacial score (nSPS) is 28.1. The molecule has 98 valence electrons. The number of carbonyl (C=O) groups excluding carboxylic acids is 1. The topological polar surface area (TPSA) is 71.0 Å². The van der Waals surface area contributed by atoms with Crippen LogP contribution >= 0.6 is 0 Å². The van der Waals surface area contributed by atoms with E-state index in [1.165, 1.54) is 0 Å². The van der Waals surface area contributed by atoms with Crippen LogP contribution in [0.5, 0.6) is 0 Å². The van der Waals surface area contributed by atoms with Crippen LogP contribution in [-0.4, -0.2) is 41.4 Å². The third-order valence-electron chi connectivity index (χ3n) is 3.89. The third kappa shape index (κ3) is 2.02. The maximum absolute atomic E-state index is 12.2. The molecule has 3 heterocycles. The van der Waals surface area contributed by atoms with Crippen molar-refractivity contribution in [3.8, 4) is 0 Å². The van der Waals surface area contributed by atoms with E-state index >= 15 is 0 Å². The first-order valence-corrected chi connectivity index (χ1v) is 6.54. The van der Waals surface area contributed by atoms with Gasteiger partial charge in [0.05, 0.1) is 18.2 Å². The van der Waals surface area contributed by atoms with Crippen LogP contribution in [-0.2, 0) is 4.79 Å². The fourth-order valence-corrected chi connectivity index (χ4v) is 2.59. The van der Waals surface area contributed by atoms with Gasteiger partial charge in [-0.1, -0.05) is 0 Å². The number of carbonyl (C=O) groups is 1. The molecule has 0 radical (unpaired) electrons. The molecule has 0 saturated carbocycles. The minimum absolute atomic E-state index is 0.0628. The highest BCUT2D eigenvalue weighted by Gasteiger charge is 2.30. The average Bonchev–Trinajstić information content (AvgIpc) is 2.86. The highest BCUT2D eigenvalue weighted by molar-refractivity contribution is 5.92. The minimum Gasteiger partial charge on any atom is -0.313 e. The van der Waals surface area contributed by atoms with E-state index in [4.69, 9.17) is 0 Å². The molecule has 3 N–H and O–H groups in total. The van der Waals surface area contributed by atoms with Gasteiger partial charge < -0.3 is 16.0 Å². The molecule has 0 aromatic carbocycles. The zero-order valence-electron chi connectivity index (χ0n) is 10.5. The zero-order chi connectivity index (χ0) is 12.5. The van der Waals surface area contributed by atoms with Crippen LogP contribution in [0.4, 0.5) is 5.82 Å². The Kier molecular flexibility index (Phi) is 3.05. The quantitative estimate of drug-likeness (QED) is 0.703. The molecule has 0 aliphatic carbocycles. The molecule has 1 amide bonds. The van der Waals surface area contributed by atoms with E-state index in [2.05, 4.69) is 28.0 Å². The molecule has 0 bridgehead atoms. The Balaban J connectivity index is 1.68. The average molecular weight is 249 g/mol. The van der Waals surface area contributed by atoms with Crippen LogP contribution in [0.1, 0.15) is 19.4 Å². The molecule has 3 rings (SSSR count). The van der Waals surface area contributed by atoms with Crippen LogP contribution in [0, 0.1) is 5.92 Å². The lowest BCUT2D eigenvalue weighted by Gasteiger charge is -2.29. The Bertz CT molecular complexity index is 439. The first-order chi connectivity index (χ1) is 8.75. The zero-order valence-corrected chi connectivity index (χ0v) is 10.5. The first-order valence-electron chi connectivity index (χ1n) is 6.54. The molecular weight excluding hydrogens is 230 g/mol. The maximum Gasteiger partial charge on any atom is 0.230 e. The molecule has 1 aromatic heterocycles. The van der Waals surface area contributed by atoms with Crippen molar-refractivity contribution in [2.24, 2.45) is 5.92 Å². The van der Waals surface area contributed by atoms with E-state index in [0.29, 0.717) is 6.04 Å². The van der Waals surface area contributed by atoms with Crippen molar-refractivity contribution >= 4 is 11.7 Å². The van der Waals surface area contributed by atoms with Crippen LogP contribution in [0.2, 0.25) is 0 Å². The second-order valence-electron chi connectivity index (χ2n) is 5.10. The van der Waals surface area contributed by atoms with Crippen molar-refractivity contribution in [3.05, 3.63) is 12.3 Å². The van der Waals surface area contributed by atoms with Crippen LogP contribution in [0.25, 0.3) is 0 Å². The number of hydrogen-bond acceptors (Lipinski definition) is 4. The van der Waals surface area contributed by atoms with Crippen LogP contribution < -0.4 is 16.0 Å². The third-order valence-corrected chi connectivity index (χ3v) is 3.89. The van der Waals surface area contributed by atoms with Crippen LogP contribution in [0.3, 0.4) is 0 Å². The van der Waals surface area contributed by atoms with Gasteiger partial charge in [0.25, 0.3) is 0 Å². The second kappa shape index (κ2) is 4.70. The van der Waals surface area contributed by atoms with Crippen LogP contribution in [0.15, 0.2) is 12.3 Å². The van der Waals surface area contributed by atoms with Crippen molar-refractivity contribution in [2.45, 2.75) is 25.4 Å². The summed E-state index contributed by atoms with van der Waals surface area (Å²) in [5, 5.41) is 13.8. The lowest BCUT2D eigenvalue weighted by molar-refractivity contribution is -0.120. The van der Waals surface area contributed by atoms with Gasteiger partial charge in [0.2, 0.25) is 5.91 Å². The molecule has 2 saturated heterocycles. The van der Waals surface area contributed by atoms with Gasteiger partial charge in [-0.05, 0) is 19.9 Å². The van der Waals surface area contributed by atoms with Gasteiger partial charge in [-0.15, -0.1) is 0 Å². The number of rotatable bonds is 3. The smallest absolute Gasteiger partial charge is 0.230 e. The maximum atomic E-state index is 12.2. The molecule has 18 heavy (non-hydrogen) atoms. The summed E-state index contributed by atoms with van der Waals surface area (Å²) >= 11 is 0. The van der Waals surface area contributed by atoms with E-state index in [-0.39, 0.29) is 17.9 Å². The minimum atomic E-state index is 0.0628. The van der Waals surface area contributed by atoms with Gasteiger partial charge in [-0.2, -0.15) is 5.10 Å². The first kappa shape index (κ1) is 11.7. The van der Waals surface area contributed by atoms with E-state index in [1.807, 2.05) is 10.7 Å². The molecule has 0 spiro atoms. The van der Waals surface area contributed by atoms with E-state index in [1.54, 1.807) is 6.20 Å². The summed E-state index contributed by atoms with van der Waals surface area (Å²) in [6.07, 6.45) is 2.65. The summed E-state index contributed by atoms with van der Waals surface area (Å²) in [5.41, 5.74) is 0. The highest BCUT2D eigenvalue weighted by Crippen LogP contribution is 2.21. The van der Waals surface area contributed by atoms with Gasteiger partial charge in [0, 0.05) is 25.2 Å². The summed E-state index contributed by atoms with van der Waals surface area (Å²) in [6.45, 7) is 4.83. The Morgan fingerprint density at radius 1 is 1.56 bits per heavy atom. The van der Waals surface area contributed by atoms with Crippen molar-refractivity contribution in [1.82, 2.24) is 20.4 Å². The molecular formula is C12H19N5O. The second-order valence-corrected chi connectivity index (χ2v) is 5.10. The molecule has 2 aliphatic heterocycles. The fraction of sp³-hybridized carbons (Fsp3) is 0.667. The molecule has 2 aliphatic rings. The summed E-state index contributed by atoms with van der Waals surface area (Å²) < 4.78 is 1.90. The van der Waals surface area contributed by atoms with E-state index in [0.717, 1.165) is 31.9 Å². The van der Waals surface area contributed by atoms with Gasteiger partial charge in [-0.25, -0.2) is 4.68 Å². The van der Waals surface area contributed by atoms with Crippen molar-refractivity contribution < 1.29 is 4.79 Å². The summed E-state index contributed by atoms with van der Waals surface area (Å²) in [4.78, 5) is 12.2. The number of nitrogens with one attached hydrogen (secondary N) is 3. The van der Waals surface area contributed by atoms with Gasteiger partial charge in [-0.3, -0.25) is 4.79 Å². The van der Waals surface area contributed by atoms with E-state index in [9.17, 15) is 4.79 Å². The molecule has 1 aromatic rings. The summed E-state index contributed by atoms with van der Waals surface area (Å²) in [6, 6.07) is 2.49. The lowest BCUT2D eigenvalue weighted by atomic mass is 10.0. The monoisotopic (exact) mass is 249 g/mol. The van der Waals surface area contributed by atoms with Gasteiger partial charge >= 0.3 is 0 Å². The van der Waals surface area contributed by atoms with E-state index < -0.39 is 0 Å². The largest absolute Gasteiger partial charge is 0.313 e. The Morgan fingerprint density at radius 3 is 3.00 bits per heavy atom. The number of aromatic nitrogens is 2. The number of hydrogen-bond donors (Lipinski definition) is 3. The van der Waals surface area contributed by atoms with Crippen molar-refractivity contribution in [2.75, 3.05) is 25.0 Å². The molecule has 2 atom stereocenters. The predicted octanol–water partition coefficient (Wildman–Crippen LogP) is -0.0361. The molecule has 2 fully saturated rings. The highest BCUT2D eigenvalue weighted by atomic mass is 16.2. The van der Waals surface area contributed by atoms with Gasteiger partial charge in [0.15, 0.2) is 0 Å². The predicted molar refractivity (Wildman–Crippen MR) is 68.3 cm³/mol. The SMILES string of the molecule is CC1NCCC1C(=O)Nc1ccnn1C1CNC1. The summed E-state index contributed by atoms with van der Waals surface area (Å²) in [5.74, 6) is 0.972. The fourth-order valence-electron chi connectivity index (χ4n) is 2.59. The number of amides is 1. The molecule has 6 heteroatoms. The summed E-state index contributed by atoms with van der Waals surface area (Å²) in [7, 11) is 0. The Morgan fingerprint density at radius 2 is 2.39 bits per heavy atom.